The van der Waals surface area contributed by atoms with Crippen molar-refractivity contribution >= 4 is 40.0 Å². The van der Waals surface area contributed by atoms with Crippen LogP contribution in [0.15, 0.2) is 176 Å². The summed E-state index contributed by atoms with van der Waals surface area (Å²) < 4.78 is 0. The van der Waals surface area contributed by atoms with Crippen LogP contribution in [0.3, 0.4) is 0 Å². The molecule has 3 nitrogen and oxygen atoms in total. The average Bonchev–Trinajstić information content (AvgIpc) is 3.45. The van der Waals surface area contributed by atoms with Crippen molar-refractivity contribution in [3.8, 4) is 67.5 Å². The number of hydrogen-bond acceptors (Lipinski definition) is 3. The Kier molecular flexibility index (Phi) is 7.27. The van der Waals surface area contributed by atoms with Crippen LogP contribution in [-0.2, 0) is 0 Å². The van der Waals surface area contributed by atoms with Gasteiger partial charge in [0.05, 0.1) is 0 Å². The summed E-state index contributed by atoms with van der Waals surface area (Å²) in [6, 6.07) is 62.9. The van der Waals surface area contributed by atoms with Crippen molar-refractivity contribution in [1.29, 1.82) is 0 Å². The number of fused-ring (bicyclic) bond motifs is 5. The molecule has 0 radical (unpaired) electrons. The zero-order valence-corrected chi connectivity index (χ0v) is 30.6. The summed E-state index contributed by atoms with van der Waals surface area (Å²) in [4.78, 5) is 15.9. The maximum atomic E-state index is 5.33. The Labute approximate surface area is 310 Å². The highest BCUT2D eigenvalue weighted by Gasteiger charge is 2.39. The number of hydrogen-bond donors (Lipinski definition) is 0. The molecule has 53 heavy (non-hydrogen) atoms. The molecule has 1 aromatic heterocycles. The molecule has 0 N–H and O–H groups in total. The Morgan fingerprint density at radius 2 is 0.868 bits per heavy atom. The molecule has 0 amide bonds. The fourth-order valence-corrected chi connectivity index (χ4v) is 11.2. The standard InChI is InChI=1S/C49H35N3Si/c1-53(2)44-22-12-21-42(46(44)43-30-37-17-8-9-18-38(37)31-45(43)53)49-51-47(50-48(52-49)41-20-11-10-19-40(41)34-14-4-3-5-15-34)35-26-23-33(24-27-35)39-28-25-32-13-6-7-16-36(32)29-39/h3-31H,1-2H3. The number of benzene rings is 8. The molecule has 250 valence electrons. The predicted molar refractivity (Wildman–Crippen MR) is 224 cm³/mol. The lowest BCUT2D eigenvalue weighted by molar-refractivity contribution is 1.08. The summed E-state index contributed by atoms with van der Waals surface area (Å²) in [5.41, 5.74) is 10.1. The second kappa shape index (κ2) is 12.3. The lowest BCUT2D eigenvalue weighted by atomic mass is 9.96. The van der Waals surface area contributed by atoms with Crippen LogP contribution < -0.4 is 10.4 Å². The smallest absolute Gasteiger partial charge is 0.164 e. The minimum atomic E-state index is -2.00. The highest BCUT2D eigenvalue weighted by Crippen LogP contribution is 2.39. The Morgan fingerprint density at radius 1 is 0.321 bits per heavy atom. The molecule has 0 atom stereocenters. The van der Waals surface area contributed by atoms with E-state index in [2.05, 4.69) is 189 Å². The zero-order valence-electron chi connectivity index (χ0n) is 29.6. The van der Waals surface area contributed by atoms with Crippen molar-refractivity contribution in [1.82, 2.24) is 15.0 Å². The molecule has 10 rings (SSSR count). The van der Waals surface area contributed by atoms with Gasteiger partial charge in [-0.05, 0) is 77.4 Å². The van der Waals surface area contributed by atoms with Crippen molar-refractivity contribution in [3.05, 3.63) is 176 Å². The summed E-state index contributed by atoms with van der Waals surface area (Å²) in [6.45, 7) is 4.93. The fourth-order valence-electron chi connectivity index (χ4n) is 8.13. The Balaban J connectivity index is 1.17. The lowest BCUT2D eigenvalue weighted by Gasteiger charge is -2.19. The third-order valence-electron chi connectivity index (χ3n) is 10.9. The van der Waals surface area contributed by atoms with E-state index in [1.807, 2.05) is 0 Å². The van der Waals surface area contributed by atoms with Crippen molar-refractivity contribution < 1.29 is 0 Å². The van der Waals surface area contributed by atoms with Crippen molar-refractivity contribution in [2.45, 2.75) is 13.1 Å². The molecule has 0 aliphatic carbocycles. The Hall–Kier alpha value is -6.49. The summed E-state index contributed by atoms with van der Waals surface area (Å²) in [6.07, 6.45) is 0. The van der Waals surface area contributed by atoms with Crippen LogP contribution in [0.5, 0.6) is 0 Å². The van der Waals surface area contributed by atoms with Gasteiger partial charge in [-0.25, -0.2) is 15.0 Å². The van der Waals surface area contributed by atoms with Gasteiger partial charge in [-0.2, -0.15) is 0 Å². The minimum Gasteiger partial charge on any atom is -0.208 e. The monoisotopic (exact) mass is 693 g/mol. The van der Waals surface area contributed by atoms with Gasteiger partial charge in [0.1, 0.15) is 8.07 Å². The number of rotatable bonds is 5. The molecule has 1 aliphatic heterocycles. The lowest BCUT2D eigenvalue weighted by Crippen LogP contribution is -2.49. The molecule has 0 saturated heterocycles. The molecule has 2 heterocycles. The van der Waals surface area contributed by atoms with E-state index in [4.69, 9.17) is 15.0 Å². The van der Waals surface area contributed by atoms with E-state index in [0.717, 1.165) is 33.4 Å². The molecular formula is C49H35N3Si. The van der Waals surface area contributed by atoms with Crippen LogP contribution in [0.4, 0.5) is 0 Å². The maximum Gasteiger partial charge on any atom is 0.164 e. The van der Waals surface area contributed by atoms with Gasteiger partial charge >= 0.3 is 0 Å². The third kappa shape index (κ3) is 5.30. The molecule has 1 aliphatic rings. The van der Waals surface area contributed by atoms with Gasteiger partial charge in [0.15, 0.2) is 17.5 Å². The SMILES string of the molecule is C[Si]1(C)c2cc3ccccc3cc2-c2c(-c3nc(-c4ccc(-c5ccc6ccccc6c5)cc4)nc(-c4ccccc4-c4ccccc4)n3)cccc21. The largest absolute Gasteiger partial charge is 0.208 e. The quantitative estimate of drug-likeness (QED) is 0.168. The molecule has 9 aromatic rings. The van der Waals surface area contributed by atoms with E-state index in [1.165, 1.54) is 48.6 Å². The third-order valence-corrected chi connectivity index (χ3v) is 14.4. The molecule has 0 spiro atoms. The Morgan fingerprint density at radius 3 is 1.62 bits per heavy atom. The maximum absolute atomic E-state index is 5.33. The normalized spacial score (nSPS) is 12.9. The second-order valence-corrected chi connectivity index (χ2v) is 18.8. The van der Waals surface area contributed by atoms with Gasteiger partial charge < -0.3 is 0 Å². The molecule has 4 heteroatoms. The molecule has 0 saturated carbocycles. The number of nitrogens with zero attached hydrogens (tertiary/aromatic N) is 3. The number of aromatic nitrogens is 3. The Bertz CT molecular complexity index is 2860. The van der Waals surface area contributed by atoms with Crippen LogP contribution in [0.1, 0.15) is 0 Å². The van der Waals surface area contributed by atoms with E-state index in [0.29, 0.717) is 17.5 Å². The summed E-state index contributed by atoms with van der Waals surface area (Å²) in [5.74, 6) is 2.01. The molecule has 0 unspecified atom stereocenters. The van der Waals surface area contributed by atoms with Crippen LogP contribution in [-0.4, -0.2) is 23.0 Å². The molecule has 0 fully saturated rings. The first-order valence-electron chi connectivity index (χ1n) is 18.2. The van der Waals surface area contributed by atoms with E-state index in [1.54, 1.807) is 0 Å². The van der Waals surface area contributed by atoms with E-state index in [9.17, 15) is 0 Å². The van der Waals surface area contributed by atoms with E-state index in [-0.39, 0.29) is 0 Å². The zero-order chi connectivity index (χ0) is 35.5. The van der Waals surface area contributed by atoms with Gasteiger partial charge in [-0.15, -0.1) is 0 Å². The van der Waals surface area contributed by atoms with E-state index < -0.39 is 8.07 Å². The first kappa shape index (κ1) is 31.3. The van der Waals surface area contributed by atoms with Gasteiger partial charge in [0.2, 0.25) is 0 Å². The average molecular weight is 694 g/mol. The van der Waals surface area contributed by atoms with Gasteiger partial charge in [-0.3, -0.25) is 0 Å². The summed E-state index contributed by atoms with van der Waals surface area (Å²) >= 11 is 0. The molecule has 0 bridgehead atoms. The van der Waals surface area contributed by atoms with Gasteiger partial charge in [-0.1, -0.05) is 177 Å². The molecule has 8 aromatic carbocycles. The summed E-state index contributed by atoms with van der Waals surface area (Å²) in [7, 11) is -2.00. The predicted octanol–water partition coefficient (Wildman–Crippen LogP) is 11.3. The minimum absolute atomic E-state index is 0.656. The first-order valence-corrected chi connectivity index (χ1v) is 21.2. The van der Waals surface area contributed by atoms with Gasteiger partial charge in [0.25, 0.3) is 0 Å². The topological polar surface area (TPSA) is 38.7 Å². The van der Waals surface area contributed by atoms with Crippen LogP contribution >= 0.6 is 0 Å². The summed E-state index contributed by atoms with van der Waals surface area (Å²) in [5, 5.41) is 7.90. The van der Waals surface area contributed by atoms with Crippen molar-refractivity contribution in [2.24, 2.45) is 0 Å². The van der Waals surface area contributed by atoms with Crippen LogP contribution in [0.25, 0.3) is 89.1 Å². The van der Waals surface area contributed by atoms with Crippen LogP contribution in [0, 0.1) is 0 Å². The van der Waals surface area contributed by atoms with E-state index >= 15 is 0 Å². The highest BCUT2D eigenvalue weighted by molar-refractivity contribution is 7.04. The van der Waals surface area contributed by atoms with Gasteiger partial charge in [0, 0.05) is 16.7 Å². The fraction of sp³-hybridized carbons (Fsp3) is 0.0408. The van der Waals surface area contributed by atoms with Crippen molar-refractivity contribution in [3.63, 3.8) is 0 Å². The first-order chi connectivity index (χ1) is 26.0. The second-order valence-electron chi connectivity index (χ2n) is 14.5. The molecular weight excluding hydrogens is 659 g/mol. The van der Waals surface area contributed by atoms with Crippen molar-refractivity contribution in [2.75, 3.05) is 0 Å². The van der Waals surface area contributed by atoms with Crippen LogP contribution in [0.2, 0.25) is 13.1 Å². The highest BCUT2D eigenvalue weighted by atomic mass is 28.3.